The van der Waals surface area contributed by atoms with E-state index in [1.165, 1.54) is 0 Å². The number of rotatable bonds is 2. The van der Waals surface area contributed by atoms with Gasteiger partial charge in [-0.15, -0.1) is 0 Å². The second-order valence-corrected chi connectivity index (χ2v) is 7.70. The van der Waals surface area contributed by atoms with Crippen LogP contribution in [0.25, 0.3) is 21.7 Å². The van der Waals surface area contributed by atoms with Gasteiger partial charge in [0, 0.05) is 26.4 Å². The van der Waals surface area contributed by atoms with Gasteiger partial charge in [0.25, 0.3) is 11.5 Å². The first-order valence-electron chi connectivity index (χ1n) is 9.74. The molecule has 1 aromatic heterocycles. The Hall–Kier alpha value is -3.70. The Balaban J connectivity index is 0.000000149. The van der Waals surface area contributed by atoms with Gasteiger partial charge < -0.3 is 10.3 Å². The van der Waals surface area contributed by atoms with E-state index >= 15 is 0 Å². The lowest BCUT2D eigenvalue weighted by atomic mass is 10.1. The van der Waals surface area contributed by atoms with Gasteiger partial charge in [0.2, 0.25) is 0 Å². The maximum Gasteiger partial charge on any atom is 0.256 e. The number of hydrogen-bond acceptors (Lipinski definition) is 2. The second kappa shape index (κ2) is 9.41. The molecule has 4 aromatic carbocycles. The summed E-state index contributed by atoms with van der Waals surface area (Å²) in [5.41, 5.74) is 2.29. The van der Waals surface area contributed by atoms with Gasteiger partial charge in [0.05, 0.1) is 5.56 Å². The predicted molar refractivity (Wildman–Crippen MR) is 131 cm³/mol. The number of aromatic nitrogens is 1. The number of H-pyrrole nitrogens is 1. The molecule has 152 valence electrons. The van der Waals surface area contributed by atoms with E-state index in [1.54, 1.807) is 6.07 Å². The molecular formula is C26H19BrN2O2. The Labute approximate surface area is 187 Å². The summed E-state index contributed by atoms with van der Waals surface area (Å²) in [7, 11) is 0. The number of fused-ring (bicyclic) bond motifs is 3. The van der Waals surface area contributed by atoms with Gasteiger partial charge in [0.1, 0.15) is 0 Å². The van der Waals surface area contributed by atoms with Crippen LogP contribution >= 0.6 is 15.9 Å². The van der Waals surface area contributed by atoms with Crippen molar-refractivity contribution in [2.75, 3.05) is 5.32 Å². The molecule has 0 fully saturated rings. The second-order valence-electron chi connectivity index (χ2n) is 6.85. The van der Waals surface area contributed by atoms with Gasteiger partial charge in [-0.3, -0.25) is 9.59 Å². The molecule has 1 heterocycles. The fourth-order valence-electron chi connectivity index (χ4n) is 3.30. The number of carbonyl (C=O) groups is 1. The van der Waals surface area contributed by atoms with Crippen LogP contribution in [0.1, 0.15) is 10.4 Å². The zero-order valence-corrected chi connectivity index (χ0v) is 18.1. The lowest BCUT2D eigenvalue weighted by Gasteiger charge is -2.06. The first-order valence-corrected chi connectivity index (χ1v) is 10.5. The average Bonchev–Trinajstić information content (AvgIpc) is 2.81. The summed E-state index contributed by atoms with van der Waals surface area (Å²) in [6, 6.07) is 32.2. The summed E-state index contributed by atoms with van der Waals surface area (Å²) < 4.78 is 0.795. The molecule has 5 aromatic rings. The third-order valence-electron chi connectivity index (χ3n) is 4.79. The summed E-state index contributed by atoms with van der Waals surface area (Å²) in [6.45, 7) is 0. The van der Waals surface area contributed by atoms with Crippen molar-refractivity contribution < 1.29 is 4.79 Å². The van der Waals surface area contributed by atoms with E-state index in [4.69, 9.17) is 0 Å². The van der Waals surface area contributed by atoms with Gasteiger partial charge in [-0.1, -0.05) is 66.7 Å². The van der Waals surface area contributed by atoms with Crippen LogP contribution in [0.2, 0.25) is 0 Å². The Morgan fingerprint density at radius 1 is 0.677 bits per heavy atom. The van der Waals surface area contributed by atoms with Crippen LogP contribution in [-0.2, 0) is 0 Å². The molecule has 5 heteroatoms. The summed E-state index contributed by atoms with van der Waals surface area (Å²) in [5.74, 6) is -0.112. The molecule has 0 radical (unpaired) electrons. The molecule has 1 amide bonds. The van der Waals surface area contributed by atoms with Crippen molar-refractivity contribution >= 4 is 49.2 Å². The molecule has 0 aliphatic rings. The van der Waals surface area contributed by atoms with Gasteiger partial charge >= 0.3 is 0 Å². The van der Waals surface area contributed by atoms with E-state index in [-0.39, 0.29) is 11.5 Å². The number of hydrogen-bond donors (Lipinski definition) is 2. The largest absolute Gasteiger partial charge is 0.322 e. The van der Waals surface area contributed by atoms with Gasteiger partial charge in [0.15, 0.2) is 0 Å². The van der Waals surface area contributed by atoms with Crippen molar-refractivity contribution in [1.82, 2.24) is 4.98 Å². The van der Waals surface area contributed by atoms with E-state index in [2.05, 4.69) is 26.2 Å². The van der Waals surface area contributed by atoms with E-state index in [0.29, 0.717) is 5.56 Å². The summed E-state index contributed by atoms with van der Waals surface area (Å²) in [5, 5.41) is 5.68. The van der Waals surface area contributed by atoms with Crippen LogP contribution in [0.4, 0.5) is 5.69 Å². The zero-order valence-electron chi connectivity index (χ0n) is 16.5. The molecule has 0 atom stereocenters. The smallest absolute Gasteiger partial charge is 0.256 e. The highest BCUT2D eigenvalue weighted by Crippen LogP contribution is 2.20. The van der Waals surface area contributed by atoms with Crippen molar-refractivity contribution in [3.63, 3.8) is 0 Å². The molecule has 0 aliphatic heterocycles. The monoisotopic (exact) mass is 470 g/mol. The number of halogens is 1. The number of pyridine rings is 1. The number of carbonyl (C=O) groups excluding carboxylic acids is 1. The van der Waals surface area contributed by atoms with Crippen LogP contribution in [0.15, 0.2) is 112 Å². The number of anilines is 1. The van der Waals surface area contributed by atoms with Crippen molar-refractivity contribution in [3.8, 4) is 0 Å². The maximum atomic E-state index is 11.9. The summed E-state index contributed by atoms with van der Waals surface area (Å²) in [6.07, 6.45) is 0. The molecule has 4 nitrogen and oxygen atoms in total. The number of aromatic amines is 1. The van der Waals surface area contributed by atoms with Crippen molar-refractivity contribution in [3.05, 3.63) is 124 Å². The highest BCUT2D eigenvalue weighted by Gasteiger charge is 2.08. The zero-order chi connectivity index (χ0) is 21.6. The summed E-state index contributed by atoms with van der Waals surface area (Å²) >= 11 is 3.35. The van der Waals surface area contributed by atoms with Crippen LogP contribution < -0.4 is 10.9 Å². The highest BCUT2D eigenvalue weighted by atomic mass is 79.9. The van der Waals surface area contributed by atoms with E-state index < -0.39 is 0 Å². The first kappa shape index (κ1) is 20.6. The van der Waals surface area contributed by atoms with E-state index in [1.807, 2.05) is 97.1 Å². The molecule has 5 rings (SSSR count). The maximum absolute atomic E-state index is 11.9. The topological polar surface area (TPSA) is 62.0 Å². The molecule has 31 heavy (non-hydrogen) atoms. The molecule has 0 aliphatic carbocycles. The van der Waals surface area contributed by atoms with E-state index in [0.717, 1.165) is 31.8 Å². The molecule has 0 saturated heterocycles. The highest BCUT2D eigenvalue weighted by molar-refractivity contribution is 9.10. The molecule has 0 spiro atoms. The van der Waals surface area contributed by atoms with Crippen LogP contribution in [0.3, 0.4) is 0 Å². The minimum atomic E-state index is -0.112. The van der Waals surface area contributed by atoms with Crippen molar-refractivity contribution in [1.29, 1.82) is 0 Å². The Morgan fingerprint density at radius 3 is 2.00 bits per heavy atom. The third kappa shape index (κ3) is 4.73. The SMILES string of the molecule is O=C(Nc1ccccc1)c1ccccc1Br.O=c1[nH]c2ccccc2c2ccccc12. The minimum absolute atomic E-state index is 0.0238. The lowest BCUT2D eigenvalue weighted by Crippen LogP contribution is -2.12. The van der Waals surface area contributed by atoms with Gasteiger partial charge in [-0.25, -0.2) is 0 Å². The average molecular weight is 471 g/mol. The predicted octanol–water partition coefficient (Wildman–Crippen LogP) is 6.38. The first-order chi connectivity index (χ1) is 15.1. The molecule has 0 bridgehead atoms. The number of para-hydroxylation sites is 2. The van der Waals surface area contributed by atoms with Gasteiger partial charge in [-0.2, -0.15) is 0 Å². The molecule has 0 unspecified atom stereocenters. The Bertz CT molecular complexity index is 1410. The van der Waals surface area contributed by atoms with E-state index in [9.17, 15) is 9.59 Å². The normalized spacial score (nSPS) is 10.4. The number of benzene rings is 4. The third-order valence-corrected chi connectivity index (χ3v) is 5.48. The lowest BCUT2D eigenvalue weighted by molar-refractivity contribution is 0.102. The van der Waals surface area contributed by atoms with Crippen LogP contribution in [-0.4, -0.2) is 10.9 Å². The standard InChI is InChI=1S/C13H10BrNO.C13H9NO/c14-12-9-5-4-8-11(12)13(16)15-10-6-2-1-3-7-10;15-13-11-7-2-1-5-9(11)10-6-3-4-8-12(10)14-13/h1-9H,(H,15,16);1-8H,(H,14,15). The number of amides is 1. The Morgan fingerprint density at radius 2 is 1.26 bits per heavy atom. The molecule has 0 saturated carbocycles. The summed E-state index contributed by atoms with van der Waals surface area (Å²) in [4.78, 5) is 26.5. The molecule has 2 N–H and O–H groups in total. The van der Waals surface area contributed by atoms with Gasteiger partial charge in [-0.05, 0) is 57.7 Å². The van der Waals surface area contributed by atoms with Crippen LogP contribution in [0.5, 0.6) is 0 Å². The van der Waals surface area contributed by atoms with Crippen molar-refractivity contribution in [2.24, 2.45) is 0 Å². The fraction of sp³-hybridized carbons (Fsp3) is 0. The van der Waals surface area contributed by atoms with Crippen molar-refractivity contribution in [2.45, 2.75) is 0 Å². The Kier molecular flexibility index (Phi) is 6.24. The minimum Gasteiger partial charge on any atom is -0.322 e. The quantitative estimate of drug-likeness (QED) is 0.294. The number of nitrogens with one attached hydrogen (secondary N) is 2. The van der Waals surface area contributed by atoms with Crippen LogP contribution in [0, 0.1) is 0 Å². The molecular weight excluding hydrogens is 452 g/mol. The fourth-order valence-corrected chi connectivity index (χ4v) is 3.76.